The van der Waals surface area contributed by atoms with Gasteiger partial charge in [0, 0.05) is 30.2 Å². The van der Waals surface area contributed by atoms with Crippen molar-refractivity contribution in [2.45, 2.75) is 20.4 Å². The molecular weight excluding hydrogens is 404 g/mol. The number of anilines is 1. The Hall–Kier alpha value is -4.27. The molecule has 2 N–H and O–H groups in total. The van der Waals surface area contributed by atoms with Crippen LogP contribution in [0.1, 0.15) is 17.1 Å². The molecule has 9 nitrogen and oxygen atoms in total. The van der Waals surface area contributed by atoms with Crippen LogP contribution in [0.4, 0.5) is 5.95 Å². The normalized spacial score (nSPS) is 11.3. The predicted molar refractivity (Wildman–Crippen MR) is 122 cm³/mol. The summed E-state index contributed by atoms with van der Waals surface area (Å²) in [6.07, 6.45) is 1.83. The lowest BCUT2D eigenvalue weighted by molar-refractivity contribution is 0.630. The van der Waals surface area contributed by atoms with E-state index in [4.69, 9.17) is 5.73 Å². The van der Waals surface area contributed by atoms with E-state index in [1.165, 1.54) is 9.08 Å². The van der Waals surface area contributed by atoms with Crippen LogP contribution in [0.5, 0.6) is 0 Å². The number of hydrogen-bond acceptors (Lipinski definition) is 6. The summed E-state index contributed by atoms with van der Waals surface area (Å²) < 4.78 is 4.41. The van der Waals surface area contributed by atoms with Crippen molar-refractivity contribution in [2.24, 2.45) is 7.05 Å². The molecule has 9 heteroatoms. The summed E-state index contributed by atoms with van der Waals surface area (Å²) in [5.74, 6) is 0.0855. The van der Waals surface area contributed by atoms with Gasteiger partial charge in [0.05, 0.1) is 23.5 Å². The van der Waals surface area contributed by atoms with Gasteiger partial charge in [0.2, 0.25) is 5.95 Å². The Kier molecular flexibility index (Phi) is 4.58. The summed E-state index contributed by atoms with van der Waals surface area (Å²) in [6, 6.07) is 15.5. The number of pyridine rings is 1. The van der Waals surface area contributed by atoms with Gasteiger partial charge >= 0.3 is 5.69 Å². The summed E-state index contributed by atoms with van der Waals surface area (Å²) in [4.78, 5) is 22.4. The minimum absolute atomic E-state index is 0.0855. The van der Waals surface area contributed by atoms with Crippen LogP contribution in [0.25, 0.3) is 28.0 Å². The second-order valence-electron chi connectivity index (χ2n) is 7.78. The monoisotopic (exact) mass is 426 g/mol. The van der Waals surface area contributed by atoms with Gasteiger partial charge < -0.3 is 5.73 Å². The summed E-state index contributed by atoms with van der Waals surface area (Å²) in [5, 5.41) is 9.04. The lowest BCUT2D eigenvalue weighted by Gasteiger charge is -2.13. The van der Waals surface area contributed by atoms with Crippen LogP contribution in [-0.4, -0.2) is 33.9 Å². The van der Waals surface area contributed by atoms with Crippen LogP contribution >= 0.6 is 0 Å². The fourth-order valence-corrected chi connectivity index (χ4v) is 3.96. The number of benzene rings is 1. The lowest BCUT2D eigenvalue weighted by atomic mass is 9.99. The molecule has 0 aliphatic heterocycles. The quantitative estimate of drug-likeness (QED) is 0.473. The zero-order valence-electron chi connectivity index (χ0n) is 18.0. The maximum atomic E-state index is 13.2. The molecule has 0 spiro atoms. The van der Waals surface area contributed by atoms with Gasteiger partial charge in [-0.2, -0.15) is 5.10 Å². The third-order valence-electron chi connectivity index (χ3n) is 5.25. The van der Waals surface area contributed by atoms with Crippen molar-refractivity contribution in [3.8, 4) is 22.4 Å². The maximum Gasteiger partial charge on any atom is 0.353 e. The number of nitrogen functional groups attached to an aromatic ring is 1. The topological polar surface area (TPSA) is 109 Å². The molecule has 0 aliphatic rings. The molecule has 5 rings (SSSR count). The van der Waals surface area contributed by atoms with E-state index in [9.17, 15) is 4.79 Å². The number of hydrogen-bond donors (Lipinski definition) is 1. The third-order valence-corrected chi connectivity index (χ3v) is 5.25. The molecule has 4 heterocycles. The van der Waals surface area contributed by atoms with Crippen molar-refractivity contribution < 1.29 is 0 Å². The van der Waals surface area contributed by atoms with E-state index in [0.717, 1.165) is 33.8 Å². The Balaban J connectivity index is 1.83. The van der Waals surface area contributed by atoms with E-state index < -0.39 is 0 Å². The van der Waals surface area contributed by atoms with E-state index >= 15 is 0 Å². The van der Waals surface area contributed by atoms with Crippen molar-refractivity contribution in [2.75, 3.05) is 5.73 Å². The minimum atomic E-state index is -0.362. The van der Waals surface area contributed by atoms with Gasteiger partial charge in [-0.3, -0.25) is 9.67 Å². The fraction of sp³-hybridized carbons (Fsp3) is 0.174. The minimum Gasteiger partial charge on any atom is -0.369 e. The molecule has 0 aliphatic carbocycles. The van der Waals surface area contributed by atoms with Crippen molar-refractivity contribution in [3.05, 3.63) is 82.3 Å². The molecule has 1 aromatic carbocycles. The molecule has 4 aromatic heterocycles. The fourth-order valence-electron chi connectivity index (χ4n) is 3.96. The number of fused-ring (bicyclic) bond motifs is 1. The summed E-state index contributed by atoms with van der Waals surface area (Å²) in [6.45, 7) is 4.11. The highest BCUT2D eigenvalue weighted by Gasteiger charge is 2.22. The molecule has 0 saturated carbocycles. The highest BCUT2D eigenvalue weighted by molar-refractivity contribution is 5.90. The van der Waals surface area contributed by atoms with E-state index in [2.05, 4.69) is 20.2 Å². The number of aryl methyl sites for hydroxylation is 3. The maximum absolute atomic E-state index is 13.2. The highest BCUT2D eigenvalue weighted by atomic mass is 16.2. The van der Waals surface area contributed by atoms with Gasteiger partial charge in [0.25, 0.3) is 0 Å². The van der Waals surface area contributed by atoms with Crippen LogP contribution in [-0.2, 0) is 13.6 Å². The Morgan fingerprint density at radius 3 is 2.31 bits per heavy atom. The van der Waals surface area contributed by atoms with Crippen molar-refractivity contribution >= 4 is 11.6 Å². The second-order valence-corrected chi connectivity index (χ2v) is 7.78. The SMILES string of the molecule is Cc1cc(-c2c(-c3ccccc3)nc(N)n3c(=O)n(Cc4ccn(C)n4)nc23)cc(C)n1. The lowest BCUT2D eigenvalue weighted by Crippen LogP contribution is -2.24. The number of nitrogens with zero attached hydrogens (tertiary/aromatic N) is 7. The van der Waals surface area contributed by atoms with E-state index in [0.29, 0.717) is 11.3 Å². The molecule has 5 aromatic rings. The average Bonchev–Trinajstić information content (AvgIpc) is 3.31. The standard InChI is InChI=1S/C23H22N8O/c1-14-11-17(12-15(2)25-14)19-20(16-7-5-4-6-8-16)26-22(24)31-21(19)28-30(23(31)32)13-18-9-10-29(3)27-18/h4-12H,13H2,1-3H3,(H2,24,26). The van der Waals surface area contributed by atoms with Gasteiger partial charge in [-0.1, -0.05) is 30.3 Å². The van der Waals surface area contributed by atoms with E-state index in [-0.39, 0.29) is 18.2 Å². The first-order valence-corrected chi connectivity index (χ1v) is 10.2. The summed E-state index contributed by atoms with van der Waals surface area (Å²) >= 11 is 0. The van der Waals surface area contributed by atoms with Gasteiger partial charge in [-0.15, -0.1) is 5.10 Å². The predicted octanol–water partition coefficient (Wildman–Crippen LogP) is 2.60. The zero-order chi connectivity index (χ0) is 22.4. The largest absolute Gasteiger partial charge is 0.369 e. The van der Waals surface area contributed by atoms with Gasteiger partial charge in [-0.05, 0) is 37.6 Å². The van der Waals surface area contributed by atoms with Crippen LogP contribution in [0.3, 0.4) is 0 Å². The molecular formula is C23H22N8O. The third kappa shape index (κ3) is 3.33. The van der Waals surface area contributed by atoms with Gasteiger partial charge in [-0.25, -0.2) is 18.9 Å². The first-order chi connectivity index (χ1) is 15.4. The first kappa shape index (κ1) is 19.7. The smallest absolute Gasteiger partial charge is 0.353 e. The molecule has 0 atom stereocenters. The van der Waals surface area contributed by atoms with E-state index in [1.807, 2.05) is 75.6 Å². The van der Waals surface area contributed by atoms with Crippen molar-refractivity contribution in [3.63, 3.8) is 0 Å². The molecule has 0 bridgehead atoms. The first-order valence-electron chi connectivity index (χ1n) is 10.2. The van der Waals surface area contributed by atoms with Crippen LogP contribution in [0.2, 0.25) is 0 Å². The Labute approximate surface area is 183 Å². The average molecular weight is 426 g/mol. The molecule has 0 amide bonds. The number of nitrogens with two attached hydrogens (primary N) is 1. The van der Waals surface area contributed by atoms with Crippen molar-refractivity contribution in [1.29, 1.82) is 0 Å². The van der Waals surface area contributed by atoms with Gasteiger partial charge in [0.15, 0.2) is 5.65 Å². The molecule has 0 fully saturated rings. The Bertz CT molecular complexity index is 1490. The molecule has 0 unspecified atom stereocenters. The molecule has 0 radical (unpaired) electrons. The highest BCUT2D eigenvalue weighted by Crippen LogP contribution is 2.34. The van der Waals surface area contributed by atoms with Gasteiger partial charge in [0.1, 0.15) is 0 Å². The summed E-state index contributed by atoms with van der Waals surface area (Å²) in [7, 11) is 1.83. The molecule has 32 heavy (non-hydrogen) atoms. The Morgan fingerprint density at radius 2 is 1.66 bits per heavy atom. The molecule has 160 valence electrons. The summed E-state index contributed by atoms with van der Waals surface area (Å²) in [5.41, 5.74) is 12.0. The zero-order valence-corrected chi connectivity index (χ0v) is 18.0. The van der Waals surface area contributed by atoms with Crippen molar-refractivity contribution in [1.82, 2.24) is 33.9 Å². The van der Waals surface area contributed by atoms with Crippen LogP contribution in [0, 0.1) is 13.8 Å². The number of aromatic nitrogens is 7. The second kappa shape index (κ2) is 7.45. The van der Waals surface area contributed by atoms with Crippen LogP contribution in [0.15, 0.2) is 59.5 Å². The van der Waals surface area contributed by atoms with E-state index in [1.54, 1.807) is 4.68 Å². The Morgan fingerprint density at radius 1 is 0.938 bits per heavy atom. The number of rotatable bonds is 4. The van der Waals surface area contributed by atoms with Crippen LogP contribution < -0.4 is 11.4 Å². The molecule has 0 saturated heterocycles.